The normalized spacial score (nSPS) is 53.2. The Morgan fingerprint density at radius 2 is 1.52 bits per heavy atom. The van der Waals surface area contributed by atoms with Crippen LogP contribution in [0.4, 0.5) is 0 Å². The van der Waals surface area contributed by atoms with Gasteiger partial charge in [-0.2, -0.15) is 0 Å². The maximum absolute atomic E-state index is 12.6. The van der Waals surface area contributed by atoms with Crippen molar-refractivity contribution >= 4 is 11.6 Å². The van der Waals surface area contributed by atoms with Gasteiger partial charge in [0, 0.05) is 0 Å². The van der Waals surface area contributed by atoms with E-state index in [2.05, 4.69) is 0 Å². The van der Waals surface area contributed by atoms with E-state index in [0.717, 1.165) is 0 Å². The first-order valence-electron chi connectivity index (χ1n) is 8.56. The van der Waals surface area contributed by atoms with E-state index < -0.39 is 91.3 Å². The zero-order chi connectivity index (χ0) is 21.9. The molecule has 2 unspecified atom stereocenters. The van der Waals surface area contributed by atoms with E-state index in [0.29, 0.717) is 0 Å². The maximum Gasteiger partial charge on any atom is 0.272 e. The molecule has 0 aromatic heterocycles. The second-order valence-corrected chi connectivity index (χ2v) is 7.19. The van der Waals surface area contributed by atoms with Crippen molar-refractivity contribution in [1.29, 1.82) is 0 Å². The molecular formula is C15H22O14. The van der Waals surface area contributed by atoms with Crippen LogP contribution in [0.5, 0.6) is 0 Å². The van der Waals surface area contributed by atoms with E-state index in [9.17, 15) is 55.5 Å². The number of carbonyl (C=O) groups excluding carboxylic acids is 2. The van der Waals surface area contributed by atoms with Crippen molar-refractivity contribution in [3.8, 4) is 0 Å². The summed E-state index contributed by atoms with van der Waals surface area (Å²) in [5, 5.41) is 89.9. The van der Waals surface area contributed by atoms with E-state index in [-0.39, 0.29) is 0 Å². The van der Waals surface area contributed by atoms with Gasteiger partial charge >= 0.3 is 0 Å². The molecule has 0 spiro atoms. The third-order valence-electron chi connectivity index (χ3n) is 5.52. The summed E-state index contributed by atoms with van der Waals surface area (Å²) in [5.74, 6) is -8.81. The number of ether oxygens (including phenoxy) is 3. The molecule has 0 amide bonds. The van der Waals surface area contributed by atoms with Crippen molar-refractivity contribution in [2.45, 2.75) is 66.5 Å². The number of aliphatic hydroxyl groups is 9. The molecule has 2 saturated heterocycles. The number of hydrogen-bond donors (Lipinski definition) is 9. The van der Waals surface area contributed by atoms with E-state index in [1.165, 1.54) is 0 Å². The number of fused-ring (bicyclic) bond motifs is 1. The number of aliphatic hydroxyl groups excluding tert-OH is 8. The van der Waals surface area contributed by atoms with Gasteiger partial charge in [0.25, 0.3) is 5.79 Å². The predicted octanol–water partition coefficient (Wildman–Crippen LogP) is -6.79. The van der Waals surface area contributed by atoms with E-state index >= 15 is 0 Å². The Hall–Kier alpha value is -1.14. The molecule has 0 aromatic carbocycles. The Kier molecular flexibility index (Phi) is 5.62. The zero-order valence-electron chi connectivity index (χ0n) is 14.7. The number of carbonyl (C=O) groups is 2. The maximum atomic E-state index is 12.6. The Morgan fingerprint density at radius 3 is 2.07 bits per heavy atom. The lowest BCUT2D eigenvalue weighted by molar-refractivity contribution is -0.470. The molecule has 14 nitrogen and oxygen atoms in total. The first-order valence-corrected chi connectivity index (χ1v) is 8.56. The quantitative estimate of drug-likeness (QED) is 0.190. The molecule has 166 valence electrons. The molecule has 3 rings (SSSR count). The monoisotopic (exact) mass is 426 g/mol. The lowest BCUT2D eigenvalue weighted by Gasteiger charge is -2.54. The van der Waals surface area contributed by atoms with Gasteiger partial charge in [0.05, 0.1) is 13.0 Å². The van der Waals surface area contributed by atoms with Crippen LogP contribution < -0.4 is 0 Å². The minimum atomic E-state index is -3.26. The summed E-state index contributed by atoms with van der Waals surface area (Å²) in [5.41, 5.74) is -3.26. The van der Waals surface area contributed by atoms with Crippen LogP contribution in [0.2, 0.25) is 0 Å². The third-order valence-corrected chi connectivity index (χ3v) is 5.52. The molecular weight excluding hydrogens is 404 g/mol. The van der Waals surface area contributed by atoms with Crippen LogP contribution in [0.15, 0.2) is 0 Å². The molecule has 1 saturated carbocycles. The van der Waals surface area contributed by atoms with Gasteiger partial charge in [-0.05, 0) is 0 Å². The second kappa shape index (κ2) is 7.23. The van der Waals surface area contributed by atoms with Crippen molar-refractivity contribution in [3.05, 3.63) is 0 Å². The fraction of sp³-hybridized carbons (Fsp3) is 0.867. The lowest BCUT2D eigenvalue weighted by atomic mass is 9.80. The molecule has 10 atom stereocenters. The van der Waals surface area contributed by atoms with Gasteiger partial charge < -0.3 is 60.2 Å². The summed E-state index contributed by atoms with van der Waals surface area (Å²) in [6.45, 7) is -2.42. The molecule has 3 aliphatic rings. The highest BCUT2D eigenvalue weighted by Crippen LogP contribution is 2.49. The highest BCUT2D eigenvalue weighted by Gasteiger charge is 2.78. The van der Waals surface area contributed by atoms with Gasteiger partial charge in [0.15, 0.2) is 12.1 Å². The fourth-order valence-corrected chi connectivity index (χ4v) is 3.80. The number of rotatable bonds is 4. The van der Waals surface area contributed by atoms with Crippen LogP contribution in [0, 0.1) is 0 Å². The van der Waals surface area contributed by atoms with Crippen molar-refractivity contribution in [2.75, 3.05) is 13.2 Å². The molecule has 2 aliphatic heterocycles. The summed E-state index contributed by atoms with van der Waals surface area (Å²) in [4.78, 5) is 25.0. The molecule has 0 aromatic rings. The zero-order valence-corrected chi connectivity index (χ0v) is 14.7. The van der Waals surface area contributed by atoms with E-state index in [4.69, 9.17) is 14.2 Å². The minimum absolute atomic E-state index is 1.01. The summed E-state index contributed by atoms with van der Waals surface area (Å²) in [6, 6.07) is 0. The van der Waals surface area contributed by atoms with E-state index in [1.807, 2.05) is 0 Å². The summed E-state index contributed by atoms with van der Waals surface area (Å²) in [7, 11) is 0. The molecule has 0 radical (unpaired) electrons. The van der Waals surface area contributed by atoms with Crippen LogP contribution in [0.3, 0.4) is 0 Å². The summed E-state index contributed by atoms with van der Waals surface area (Å²) in [6.07, 6.45) is -16.1. The Labute approximate surface area is 162 Å². The first-order chi connectivity index (χ1) is 13.4. The smallest absolute Gasteiger partial charge is 0.272 e. The largest absolute Gasteiger partial charge is 0.394 e. The molecule has 0 bridgehead atoms. The molecule has 29 heavy (non-hydrogen) atoms. The fourth-order valence-electron chi connectivity index (χ4n) is 3.80. The highest BCUT2D eigenvalue weighted by molar-refractivity contribution is 6.16. The van der Waals surface area contributed by atoms with Crippen LogP contribution >= 0.6 is 0 Å². The molecule has 3 fully saturated rings. The van der Waals surface area contributed by atoms with Crippen molar-refractivity contribution in [2.24, 2.45) is 0 Å². The van der Waals surface area contributed by atoms with Crippen molar-refractivity contribution in [3.63, 3.8) is 0 Å². The van der Waals surface area contributed by atoms with Crippen LogP contribution in [0.1, 0.15) is 6.42 Å². The molecule has 14 heteroatoms. The lowest BCUT2D eigenvalue weighted by Crippen LogP contribution is -2.79. The van der Waals surface area contributed by atoms with Crippen LogP contribution in [-0.4, -0.2) is 131 Å². The average Bonchev–Trinajstić information content (AvgIpc) is 2.88. The van der Waals surface area contributed by atoms with Crippen molar-refractivity contribution < 1.29 is 69.8 Å². The van der Waals surface area contributed by atoms with Gasteiger partial charge in [0.2, 0.25) is 17.2 Å². The SMILES string of the molecule is O=C1CC(=O)[C@@]2(O)[C@@H](O)[C@H](O)[C@@H](CO)OC12O[C@]1(CO)OC(O)[C@H](O)[C@@H](O)[C@@H]1O. The molecule has 2 heterocycles. The number of hydrogen-bond acceptors (Lipinski definition) is 14. The third kappa shape index (κ3) is 2.81. The van der Waals surface area contributed by atoms with Gasteiger partial charge in [-0.15, -0.1) is 0 Å². The molecule has 9 N–H and O–H groups in total. The average molecular weight is 426 g/mol. The molecule has 1 aliphatic carbocycles. The van der Waals surface area contributed by atoms with Gasteiger partial charge in [-0.3, -0.25) is 9.59 Å². The highest BCUT2D eigenvalue weighted by atomic mass is 16.8. The summed E-state index contributed by atoms with van der Waals surface area (Å²) < 4.78 is 15.2. The van der Waals surface area contributed by atoms with E-state index in [1.54, 1.807) is 0 Å². The standard InChI is InChI=1S/C15H22O14/c16-2-4-7(20)11(24)14(26)5(18)1-6(19)15(14,27-4)29-13(3-17)10(23)8(21)9(22)12(25)28-13/h4,7-12,16-17,20-26H,1-3H2/t4-,7-,8-,9-,10+,11+,12?,13+,14-,15?/m1/s1. The van der Waals surface area contributed by atoms with Gasteiger partial charge in [-0.1, -0.05) is 0 Å². The number of ketones is 2. The Morgan fingerprint density at radius 1 is 0.897 bits per heavy atom. The predicted molar refractivity (Wildman–Crippen MR) is 82.3 cm³/mol. The Bertz CT molecular complexity index is 686. The van der Waals surface area contributed by atoms with Gasteiger partial charge in [-0.25, -0.2) is 0 Å². The minimum Gasteiger partial charge on any atom is -0.394 e. The van der Waals surface area contributed by atoms with Gasteiger partial charge in [0.1, 0.15) is 43.2 Å². The van der Waals surface area contributed by atoms with Crippen LogP contribution in [0.25, 0.3) is 0 Å². The second-order valence-electron chi connectivity index (χ2n) is 7.19. The topological polar surface area (TPSA) is 244 Å². The summed E-state index contributed by atoms with van der Waals surface area (Å²) >= 11 is 0. The first kappa shape index (κ1) is 22.5. The van der Waals surface area contributed by atoms with Crippen molar-refractivity contribution in [1.82, 2.24) is 0 Å². The van der Waals surface area contributed by atoms with Crippen LogP contribution in [-0.2, 0) is 23.8 Å². The Balaban J connectivity index is 2.12. The number of Topliss-reactive ketones (excluding diaryl/α,β-unsaturated/α-hetero) is 2.